The van der Waals surface area contributed by atoms with Gasteiger partial charge >= 0.3 is 0 Å². The molecule has 0 saturated heterocycles. The van der Waals surface area contributed by atoms with Gasteiger partial charge in [-0.15, -0.1) is 11.3 Å². The molecule has 4 heteroatoms. The Morgan fingerprint density at radius 3 is 2.71 bits per heavy atom. The largest absolute Gasteiger partial charge is 0.222 e. The van der Waals surface area contributed by atoms with Gasteiger partial charge in [0.15, 0.2) is 0 Å². The molecule has 0 unspecified atom stereocenters. The fraction of sp³-hybridized carbons (Fsp3) is 0.538. The molecular formula is C13H15ClN2S. The summed E-state index contributed by atoms with van der Waals surface area (Å²) in [4.78, 5) is 11.6. The second-order valence-electron chi connectivity index (χ2n) is 4.67. The number of halogens is 1. The van der Waals surface area contributed by atoms with Gasteiger partial charge in [0.2, 0.25) is 0 Å². The Bertz CT molecular complexity index is 572. The van der Waals surface area contributed by atoms with Gasteiger partial charge in [0.25, 0.3) is 0 Å². The van der Waals surface area contributed by atoms with Crippen molar-refractivity contribution in [2.45, 2.75) is 45.4 Å². The molecule has 2 aromatic rings. The molecule has 0 aliphatic heterocycles. The third-order valence-electron chi connectivity index (χ3n) is 3.65. The molecule has 1 saturated carbocycles. The number of nitrogens with zero attached hydrogens (tertiary/aromatic N) is 2. The van der Waals surface area contributed by atoms with Crippen molar-refractivity contribution in [3.8, 4) is 0 Å². The molecule has 1 fully saturated rings. The van der Waals surface area contributed by atoms with Crippen molar-refractivity contribution < 1.29 is 0 Å². The van der Waals surface area contributed by atoms with Crippen molar-refractivity contribution in [2.24, 2.45) is 0 Å². The molecule has 1 aliphatic rings. The van der Waals surface area contributed by atoms with Gasteiger partial charge in [-0.2, -0.15) is 0 Å². The summed E-state index contributed by atoms with van der Waals surface area (Å²) < 4.78 is 0. The first-order valence-electron chi connectivity index (χ1n) is 6.16. The molecule has 0 bridgehead atoms. The van der Waals surface area contributed by atoms with Crippen LogP contribution in [0.2, 0.25) is 5.15 Å². The van der Waals surface area contributed by atoms with Crippen molar-refractivity contribution >= 4 is 33.2 Å². The maximum atomic E-state index is 6.34. The lowest BCUT2D eigenvalue weighted by Gasteiger charge is -2.23. The Morgan fingerprint density at radius 2 is 2.12 bits per heavy atom. The molecule has 2 nitrogen and oxygen atoms in total. The zero-order valence-electron chi connectivity index (χ0n) is 10.1. The molecule has 0 spiro atoms. The van der Waals surface area contributed by atoms with Gasteiger partial charge in [0, 0.05) is 10.8 Å². The summed E-state index contributed by atoms with van der Waals surface area (Å²) in [5, 5.41) is 1.73. The van der Waals surface area contributed by atoms with Crippen molar-refractivity contribution in [3.63, 3.8) is 0 Å². The smallest absolute Gasteiger partial charge is 0.141 e. The van der Waals surface area contributed by atoms with E-state index in [1.54, 1.807) is 11.3 Å². The number of hydrogen-bond acceptors (Lipinski definition) is 3. The normalized spacial score (nSPS) is 16.4. The molecule has 0 N–H and O–H groups in total. The predicted molar refractivity (Wildman–Crippen MR) is 73.1 cm³/mol. The number of thiophene rings is 1. The Hall–Kier alpha value is -0.670. The lowest BCUT2D eigenvalue weighted by Crippen LogP contribution is -2.12. The molecule has 3 rings (SSSR count). The highest BCUT2D eigenvalue weighted by atomic mass is 35.5. The summed E-state index contributed by atoms with van der Waals surface area (Å²) in [5.74, 6) is 1.50. The first kappa shape index (κ1) is 11.4. The van der Waals surface area contributed by atoms with Crippen LogP contribution in [0, 0.1) is 6.92 Å². The van der Waals surface area contributed by atoms with Crippen LogP contribution in [0.3, 0.4) is 0 Å². The van der Waals surface area contributed by atoms with E-state index in [0.717, 1.165) is 22.5 Å². The molecule has 17 heavy (non-hydrogen) atoms. The summed E-state index contributed by atoms with van der Waals surface area (Å²) in [7, 11) is 0. The average molecular weight is 267 g/mol. The van der Waals surface area contributed by atoms with Crippen molar-refractivity contribution in [3.05, 3.63) is 21.4 Å². The molecule has 1 aliphatic carbocycles. The third kappa shape index (κ3) is 1.76. The molecule has 0 amide bonds. The van der Waals surface area contributed by atoms with E-state index in [1.165, 1.54) is 29.7 Å². The Kier molecular flexibility index (Phi) is 2.83. The molecule has 2 aromatic heterocycles. The molecule has 0 radical (unpaired) electrons. The third-order valence-corrected chi connectivity index (χ3v) is 4.96. The van der Waals surface area contributed by atoms with Crippen LogP contribution in [0.25, 0.3) is 10.2 Å². The van der Waals surface area contributed by atoms with Crippen LogP contribution in [0.5, 0.6) is 0 Å². The summed E-state index contributed by atoms with van der Waals surface area (Å²) in [6.45, 7) is 4.30. The minimum atomic E-state index is 0.546. The summed E-state index contributed by atoms with van der Waals surface area (Å²) in [6, 6.07) is 0. The summed E-state index contributed by atoms with van der Waals surface area (Å²) >= 11 is 8.09. The number of hydrogen-bond donors (Lipinski definition) is 0. The highest BCUT2D eigenvalue weighted by Crippen LogP contribution is 2.39. The quantitative estimate of drug-likeness (QED) is 0.749. The molecular weight excluding hydrogens is 252 g/mol. The minimum absolute atomic E-state index is 0.546. The van der Waals surface area contributed by atoms with Gasteiger partial charge in [-0.05, 0) is 31.7 Å². The molecule has 90 valence electrons. The van der Waals surface area contributed by atoms with Crippen molar-refractivity contribution in [1.82, 2.24) is 9.97 Å². The maximum absolute atomic E-state index is 6.34. The lowest BCUT2D eigenvalue weighted by atomic mass is 9.85. The van der Waals surface area contributed by atoms with E-state index in [2.05, 4.69) is 18.8 Å². The highest BCUT2D eigenvalue weighted by molar-refractivity contribution is 7.18. The minimum Gasteiger partial charge on any atom is -0.222 e. The van der Waals surface area contributed by atoms with Crippen LogP contribution >= 0.6 is 22.9 Å². The van der Waals surface area contributed by atoms with Gasteiger partial charge in [-0.3, -0.25) is 0 Å². The van der Waals surface area contributed by atoms with Crippen LogP contribution in [-0.2, 0) is 6.42 Å². The van der Waals surface area contributed by atoms with E-state index < -0.39 is 0 Å². The van der Waals surface area contributed by atoms with Crippen molar-refractivity contribution in [2.75, 3.05) is 0 Å². The highest BCUT2D eigenvalue weighted by Gasteiger charge is 2.24. The second kappa shape index (κ2) is 4.21. The predicted octanol–water partition coefficient (Wildman–Crippen LogP) is 4.48. The zero-order chi connectivity index (χ0) is 12.0. The van der Waals surface area contributed by atoms with Gasteiger partial charge in [-0.1, -0.05) is 24.9 Å². The Labute approximate surface area is 110 Å². The van der Waals surface area contributed by atoms with E-state index in [0.29, 0.717) is 11.1 Å². The van der Waals surface area contributed by atoms with Crippen molar-refractivity contribution in [1.29, 1.82) is 0 Å². The van der Waals surface area contributed by atoms with Crippen LogP contribution in [0.15, 0.2) is 0 Å². The first-order chi connectivity index (χ1) is 8.20. The van der Waals surface area contributed by atoms with E-state index in [4.69, 9.17) is 16.6 Å². The number of fused-ring (bicyclic) bond motifs is 1. The maximum Gasteiger partial charge on any atom is 0.141 e. The van der Waals surface area contributed by atoms with Crippen LogP contribution in [-0.4, -0.2) is 9.97 Å². The Morgan fingerprint density at radius 1 is 1.35 bits per heavy atom. The number of rotatable bonds is 2. The topological polar surface area (TPSA) is 25.8 Å². The van der Waals surface area contributed by atoms with Crippen LogP contribution in [0.1, 0.15) is 48.4 Å². The fourth-order valence-corrected chi connectivity index (χ4v) is 3.88. The van der Waals surface area contributed by atoms with Crippen LogP contribution in [0.4, 0.5) is 0 Å². The molecule has 2 heterocycles. The summed E-state index contributed by atoms with van der Waals surface area (Å²) in [5.41, 5.74) is 1.31. The van der Waals surface area contributed by atoms with Gasteiger partial charge in [0.1, 0.15) is 15.8 Å². The standard InChI is InChI=1S/C13H15ClN2S/c1-3-9-7(2)17-13-10(9)11(14)15-12(16-13)8-5-4-6-8/h8H,3-6H2,1-2H3. The van der Waals surface area contributed by atoms with Gasteiger partial charge in [-0.25, -0.2) is 9.97 Å². The second-order valence-corrected chi connectivity index (χ2v) is 6.23. The zero-order valence-corrected chi connectivity index (χ0v) is 11.7. The SMILES string of the molecule is CCc1c(C)sc2nc(C3CCC3)nc(Cl)c12. The number of aryl methyl sites for hydroxylation is 2. The van der Waals surface area contributed by atoms with E-state index >= 15 is 0 Å². The van der Waals surface area contributed by atoms with E-state index in [1.807, 2.05) is 0 Å². The summed E-state index contributed by atoms with van der Waals surface area (Å²) in [6.07, 6.45) is 4.73. The fourth-order valence-electron chi connectivity index (χ4n) is 2.41. The first-order valence-corrected chi connectivity index (χ1v) is 7.35. The monoisotopic (exact) mass is 266 g/mol. The Balaban J connectivity index is 2.19. The average Bonchev–Trinajstić information content (AvgIpc) is 2.51. The molecule has 0 aromatic carbocycles. The number of aromatic nitrogens is 2. The van der Waals surface area contributed by atoms with E-state index in [9.17, 15) is 0 Å². The van der Waals surface area contributed by atoms with Gasteiger partial charge < -0.3 is 0 Å². The lowest BCUT2D eigenvalue weighted by molar-refractivity contribution is 0.402. The van der Waals surface area contributed by atoms with E-state index in [-0.39, 0.29) is 0 Å². The molecule has 0 atom stereocenters. The van der Waals surface area contributed by atoms with Gasteiger partial charge in [0.05, 0.1) is 5.39 Å². The van der Waals surface area contributed by atoms with Crippen LogP contribution < -0.4 is 0 Å².